The van der Waals surface area contributed by atoms with Crippen molar-refractivity contribution in [1.82, 2.24) is 9.80 Å². The van der Waals surface area contributed by atoms with E-state index >= 15 is 0 Å². The second kappa shape index (κ2) is 9.42. The summed E-state index contributed by atoms with van der Waals surface area (Å²) in [5.74, 6) is -1.51. The van der Waals surface area contributed by atoms with Crippen LogP contribution in [0.3, 0.4) is 0 Å². The zero-order chi connectivity index (χ0) is 21.7. The first-order valence-corrected chi connectivity index (χ1v) is 9.83. The van der Waals surface area contributed by atoms with Gasteiger partial charge in [-0.15, -0.1) is 0 Å². The number of amides is 3. The number of rotatable bonds is 5. The molecule has 0 spiro atoms. The van der Waals surface area contributed by atoms with Crippen molar-refractivity contribution in [3.63, 3.8) is 0 Å². The molecule has 1 N–H and O–H groups in total. The number of carbonyl (C=O) groups is 3. The molecule has 2 aromatic rings. The van der Waals surface area contributed by atoms with Crippen molar-refractivity contribution in [2.45, 2.75) is 12.5 Å². The highest BCUT2D eigenvalue weighted by molar-refractivity contribution is 6.33. The Morgan fingerprint density at radius 1 is 1.17 bits per heavy atom. The van der Waals surface area contributed by atoms with E-state index in [1.54, 1.807) is 36.4 Å². The molecule has 8 heteroatoms. The number of nitrogens with zero attached hydrogens (tertiary/aromatic N) is 3. The Kier molecular flexibility index (Phi) is 6.70. The van der Waals surface area contributed by atoms with Crippen LogP contribution in [0.15, 0.2) is 54.6 Å². The highest BCUT2D eigenvalue weighted by Crippen LogP contribution is 2.25. The maximum atomic E-state index is 12.8. The third-order valence-corrected chi connectivity index (χ3v) is 5.34. The molecule has 1 aliphatic heterocycles. The lowest BCUT2D eigenvalue weighted by Gasteiger charge is -2.24. The Morgan fingerprint density at radius 3 is 2.50 bits per heavy atom. The smallest absolute Gasteiger partial charge is 0.255 e. The van der Waals surface area contributed by atoms with Gasteiger partial charge >= 0.3 is 0 Å². The Balaban J connectivity index is 1.63. The average Bonchev–Trinajstić information content (AvgIpc) is 3.19. The molecule has 0 radical (unpaired) electrons. The summed E-state index contributed by atoms with van der Waals surface area (Å²) < 4.78 is 0. The molecule has 1 saturated heterocycles. The van der Waals surface area contributed by atoms with Gasteiger partial charge < -0.3 is 15.1 Å². The minimum Gasteiger partial charge on any atom is -0.332 e. The van der Waals surface area contributed by atoms with Crippen LogP contribution in [0.4, 0.5) is 5.69 Å². The van der Waals surface area contributed by atoms with Crippen molar-refractivity contribution in [3.05, 3.63) is 65.2 Å². The molecule has 3 amide bonds. The van der Waals surface area contributed by atoms with Crippen LogP contribution in [0.2, 0.25) is 5.02 Å². The van der Waals surface area contributed by atoms with Gasteiger partial charge in [-0.05, 0) is 30.7 Å². The standard InChI is InChI=1S/C22H21ClN4O3/c1-26(22(30)18-9-5-6-10-19(18)23)14-20(28)27-13-15(11-17(27)12-24)21(29)25-16-7-3-2-4-8-16/h2-10,15,17H,11,13-14H2,1H3,(H,25,29). The molecular formula is C22H21ClN4O3. The number of nitrogens with one attached hydrogen (secondary N) is 1. The number of hydrogen-bond donors (Lipinski definition) is 1. The SMILES string of the molecule is CN(CC(=O)N1CC(C(=O)Nc2ccccc2)CC1C#N)C(=O)c1ccccc1Cl. The van der Waals surface area contributed by atoms with E-state index in [2.05, 4.69) is 11.4 Å². The number of benzene rings is 2. The summed E-state index contributed by atoms with van der Waals surface area (Å²) >= 11 is 6.06. The number of hydrogen-bond acceptors (Lipinski definition) is 4. The van der Waals surface area contributed by atoms with Crippen LogP contribution in [0.25, 0.3) is 0 Å². The fourth-order valence-corrected chi connectivity index (χ4v) is 3.61. The fourth-order valence-electron chi connectivity index (χ4n) is 3.40. The van der Waals surface area contributed by atoms with E-state index < -0.39 is 12.0 Å². The molecule has 7 nitrogen and oxygen atoms in total. The van der Waals surface area contributed by atoms with Gasteiger partial charge in [0.25, 0.3) is 5.91 Å². The van der Waals surface area contributed by atoms with Crippen LogP contribution < -0.4 is 5.32 Å². The molecule has 3 rings (SSSR count). The zero-order valence-electron chi connectivity index (χ0n) is 16.4. The monoisotopic (exact) mass is 424 g/mol. The molecule has 0 saturated carbocycles. The molecule has 0 bridgehead atoms. The van der Waals surface area contributed by atoms with Crippen molar-refractivity contribution < 1.29 is 14.4 Å². The first kappa shape index (κ1) is 21.3. The number of likely N-dealkylation sites (N-methyl/N-ethyl adjacent to an activating group) is 1. The van der Waals surface area contributed by atoms with Crippen LogP contribution in [0.5, 0.6) is 0 Å². The van der Waals surface area contributed by atoms with Crippen molar-refractivity contribution >= 4 is 35.0 Å². The van der Waals surface area contributed by atoms with E-state index in [1.165, 1.54) is 16.8 Å². The number of halogens is 1. The summed E-state index contributed by atoms with van der Waals surface area (Å²) in [5, 5.41) is 12.6. The van der Waals surface area contributed by atoms with Crippen molar-refractivity contribution in [2.75, 3.05) is 25.5 Å². The van der Waals surface area contributed by atoms with E-state index in [0.29, 0.717) is 16.3 Å². The molecule has 0 aromatic heterocycles. The van der Waals surface area contributed by atoms with Crippen LogP contribution in [0, 0.1) is 17.2 Å². The summed E-state index contributed by atoms with van der Waals surface area (Å²) in [5.41, 5.74) is 0.957. The highest BCUT2D eigenvalue weighted by Gasteiger charge is 2.39. The predicted molar refractivity (Wildman–Crippen MR) is 113 cm³/mol. The lowest BCUT2D eigenvalue weighted by molar-refractivity contribution is -0.131. The normalized spacial score (nSPS) is 17.8. The maximum absolute atomic E-state index is 12.8. The van der Waals surface area contributed by atoms with Gasteiger partial charge in [0, 0.05) is 19.3 Å². The number of anilines is 1. The Bertz CT molecular complexity index is 989. The van der Waals surface area contributed by atoms with Gasteiger partial charge in [0.1, 0.15) is 6.04 Å². The summed E-state index contributed by atoms with van der Waals surface area (Å²) in [6.45, 7) is -0.0842. The summed E-state index contributed by atoms with van der Waals surface area (Å²) in [6.07, 6.45) is 0.253. The maximum Gasteiger partial charge on any atom is 0.255 e. The minimum absolute atomic E-state index is 0.129. The number of likely N-dealkylation sites (tertiary alicyclic amines) is 1. The molecule has 154 valence electrons. The molecule has 2 unspecified atom stereocenters. The largest absolute Gasteiger partial charge is 0.332 e. The van der Waals surface area contributed by atoms with Crippen molar-refractivity contribution in [1.29, 1.82) is 5.26 Å². The Morgan fingerprint density at radius 2 is 1.83 bits per heavy atom. The van der Waals surface area contributed by atoms with Crippen LogP contribution >= 0.6 is 11.6 Å². The van der Waals surface area contributed by atoms with Crippen molar-refractivity contribution in [2.24, 2.45) is 5.92 Å². The van der Waals surface area contributed by atoms with E-state index in [0.717, 1.165) is 0 Å². The number of para-hydroxylation sites is 1. The Labute approximate surface area is 179 Å². The van der Waals surface area contributed by atoms with Gasteiger partial charge in [-0.2, -0.15) is 5.26 Å². The third-order valence-electron chi connectivity index (χ3n) is 5.01. The van der Waals surface area contributed by atoms with Crippen LogP contribution in [-0.2, 0) is 9.59 Å². The van der Waals surface area contributed by atoms with Crippen molar-refractivity contribution in [3.8, 4) is 6.07 Å². The average molecular weight is 425 g/mol. The van der Waals surface area contributed by atoms with Gasteiger partial charge in [0.05, 0.1) is 29.1 Å². The van der Waals surface area contributed by atoms with Gasteiger partial charge in [0.15, 0.2) is 0 Å². The highest BCUT2D eigenvalue weighted by atomic mass is 35.5. The molecule has 1 heterocycles. The zero-order valence-corrected chi connectivity index (χ0v) is 17.2. The van der Waals surface area contributed by atoms with E-state index in [1.807, 2.05) is 18.2 Å². The first-order chi connectivity index (χ1) is 14.4. The Hall–Kier alpha value is -3.37. The minimum atomic E-state index is -0.715. The molecule has 2 atom stereocenters. The molecule has 2 aromatic carbocycles. The summed E-state index contributed by atoms with van der Waals surface area (Å²) in [7, 11) is 1.50. The molecule has 1 aliphatic rings. The predicted octanol–water partition coefficient (Wildman–Crippen LogP) is 2.79. The number of carbonyl (C=O) groups excluding carboxylic acids is 3. The number of nitriles is 1. The molecular weight excluding hydrogens is 404 g/mol. The fraction of sp³-hybridized carbons (Fsp3) is 0.273. The van der Waals surface area contributed by atoms with Gasteiger partial charge in [-0.1, -0.05) is 41.9 Å². The van der Waals surface area contributed by atoms with Crippen LogP contribution in [-0.4, -0.2) is 53.7 Å². The second-order valence-electron chi connectivity index (χ2n) is 7.12. The topological polar surface area (TPSA) is 93.5 Å². The first-order valence-electron chi connectivity index (χ1n) is 9.45. The summed E-state index contributed by atoms with van der Waals surface area (Å²) in [4.78, 5) is 40.6. The quantitative estimate of drug-likeness (QED) is 0.798. The summed E-state index contributed by atoms with van der Waals surface area (Å²) in [6, 6.07) is 17.0. The van der Waals surface area contributed by atoms with E-state index in [9.17, 15) is 19.6 Å². The van der Waals surface area contributed by atoms with Gasteiger partial charge in [0.2, 0.25) is 11.8 Å². The third kappa shape index (κ3) is 4.78. The molecule has 0 aliphatic carbocycles. The van der Waals surface area contributed by atoms with Gasteiger partial charge in [-0.3, -0.25) is 14.4 Å². The van der Waals surface area contributed by atoms with Crippen LogP contribution in [0.1, 0.15) is 16.8 Å². The van der Waals surface area contributed by atoms with Gasteiger partial charge in [-0.25, -0.2) is 0 Å². The molecule has 1 fully saturated rings. The van der Waals surface area contributed by atoms with E-state index in [4.69, 9.17) is 11.6 Å². The lowest BCUT2D eigenvalue weighted by atomic mass is 10.1. The lowest BCUT2D eigenvalue weighted by Crippen LogP contribution is -2.43. The second-order valence-corrected chi connectivity index (χ2v) is 7.53. The van der Waals surface area contributed by atoms with E-state index in [-0.39, 0.29) is 37.2 Å². The molecule has 30 heavy (non-hydrogen) atoms.